The van der Waals surface area contributed by atoms with E-state index >= 15 is 0 Å². The van der Waals surface area contributed by atoms with Crippen molar-refractivity contribution in [2.75, 3.05) is 5.75 Å². The van der Waals surface area contributed by atoms with E-state index in [4.69, 9.17) is 0 Å². The highest BCUT2D eigenvalue weighted by Crippen LogP contribution is 2.19. The first-order valence-corrected chi connectivity index (χ1v) is 7.69. The predicted molar refractivity (Wildman–Crippen MR) is 81.6 cm³/mol. The second-order valence-electron chi connectivity index (χ2n) is 5.12. The number of ketones is 1. The van der Waals surface area contributed by atoms with Crippen LogP contribution in [0, 0.1) is 20.8 Å². The Labute approximate surface area is 115 Å². The Morgan fingerprint density at radius 3 is 2.28 bits per heavy atom. The molecule has 1 nitrogen and oxygen atoms in total. The second kappa shape index (κ2) is 6.98. The summed E-state index contributed by atoms with van der Waals surface area (Å²) in [7, 11) is 0. The molecule has 0 aliphatic carbocycles. The first kappa shape index (κ1) is 15.3. The third kappa shape index (κ3) is 4.49. The van der Waals surface area contributed by atoms with Crippen molar-refractivity contribution >= 4 is 17.5 Å². The topological polar surface area (TPSA) is 17.1 Å². The Bertz CT molecular complexity index is 400. The highest BCUT2D eigenvalue weighted by Gasteiger charge is 2.11. The number of hydrogen-bond acceptors (Lipinski definition) is 2. The number of rotatable bonds is 6. The number of thioether (sulfide) groups is 1. The molecule has 0 aromatic heterocycles. The molecule has 0 aliphatic heterocycles. The van der Waals surface area contributed by atoms with Crippen molar-refractivity contribution in [3.63, 3.8) is 0 Å². The molecule has 0 fully saturated rings. The van der Waals surface area contributed by atoms with E-state index in [2.05, 4.69) is 46.8 Å². The summed E-state index contributed by atoms with van der Waals surface area (Å²) in [6, 6.07) is 4.33. The van der Waals surface area contributed by atoms with Crippen LogP contribution < -0.4 is 0 Å². The number of aryl methyl sites for hydroxylation is 3. The van der Waals surface area contributed by atoms with Crippen LogP contribution in [-0.2, 0) is 11.2 Å². The molecule has 0 saturated carbocycles. The smallest absolute Gasteiger partial charge is 0.147 e. The zero-order valence-electron chi connectivity index (χ0n) is 12.2. The lowest BCUT2D eigenvalue weighted by Gasteiger charge is -2.12. The number of Topliss-reactive ketones (excluding diaryl/α,β-unsaturated/α-hetero) is 1. The van der Waals surface area contributed by atoms with Gasteiger partial charge in [0.15, 0.2) is 0 Å². The summed E-state index contributed by atoms with van der Waals surface area (Å²) in [4.78, 5) is 12.0. The molecular weight excluding hydrogens is 240 g/mol. The molecule has 0 aliphatic rings. The van der Waals surface area contributed by atoms with E-state index in [1.54, 1.807) is 11.8 Å². The number of hydrogen-bond donors (Lipinski definition) is 0. The fourth-order valence-electron chi connectivity index (χ4n) is 2.09. The van der Waals surface area contributed by atoms with Crippen molar-refractivity contribution in [1.29, 1.82) is 0 Å². The van der Waals surface area contributed by atoms with Gasteiger partial charge in [-0.15, -0.1) is 0 Å². The fraction of sp³-hybridized carbons (Fsp3) is 0.562. The average molecular weight is 264 g/mol. The maximum Gasteiger partial charge on any atom is 0.147 e. The van der Waals surface area contributed by atoms with E-state index in [9.17, 15) is 4.79 Å². The van der Waals surface area contributed by atoms with E-state index in [1.807, 2.05) is 0 Å². The Balaban J connectivity index is 2.65. The molecule has 0 heterocycles. The summed E-state index contributed by atoms with van der Waals surface area (Å²) in [6.45, 7) is 10.6. The van der Waals surface area contributed by atoms with Crippen LogP contribution in [0.3, 0.4) is 0 Å². The Morgan fingerprint density at radius 2 is 1.78 bits per heavy atom. The maximum absolute atomic E-state index is 12.0. The molecule has 0 N–H and O–H groups in total. The van der Waals surface area contributed by atoms with Crippen LogP contribution in [0.5, 0.6) is 0 Å². The van der Waals surface area contributed by atoms with E-state index < -0.39 is 0 Å². The average Bonchev–Trinajstić information content (AvgIpc) is 2.30. The summed E-state index contributed by atoms with van der Waals surface area (Å²) < 4.78 is 0. The van der Waals surface area contributed by atoms with Crippen LogP contribution in [-0.4, -0.2) is 16.8 Å². The lowest BCUT2D eigenvalue weighted by molar-refractivity contribution is -0.116. The Hall–Kier alpha value is -0.760. The monoisotopic (exact) mass is 264 g/mol. The van der Waals surface area contributed by atoms with Crippen molar-refractivity contribution in [2.45, 2.75) is 52.7 Å². The second-order valence-corrected chi connectivity index (χ2v) is 6.55. The van der Waals surface area contributed by atoms with Crippen LogP contribution in [0.2, 0.25) is 0 Å². The highest BCUT2D eigenvalue weighted by atomic mass is 32.2. The molecule has 1 aromatic carbocycles. The third-order valence-corrected chi connectivity index (χ3v) is 4.71. The predicted octanol–water partition coefficient (Wildman–Crippen LogP) is 4.26. The zero-order chi connectivity index (χ0) is 13.7. The van der Waals surface area contributed by atoms with E-state index in [0.717, 1.165) is 6.42 Å². The van der Waals surface area contributed by atoms with Crippen LogP contribution in [0.4, 0.5) is 0 Å². The maximum atomic E-state index is 12.0. The van der Waals surface area contributed by atoms with Crippen molar-refractivity contribution < 1.29 is 4.79 Å². The molecule has 100 valence electrons. The molecule has 0 bridgehead atoms. The quantitative estimate of drug-likeness (QED) is 0.764. The van der Waals surface area contributed by atoms with Crippen molar-refractivity contribution in [3.8, 4) is 0 Å². The molecule has 1 rings (SSSR count). The minimum Gasteiger partial charge on any atom is -0.298 e. The standard InChI is InChI=1S/C16H24OS/c1-6-14(5)18-10-15(17)9-16-12(3)7-11(2)8-13(16)4/h7-8,14H,6,9-10H2,1-5H3. The number of carbonyl (C=O) groups is 1. The molecular formula is C16H24OS. The van der Waals surface area contributed by atoms with Gasteiger partial charge in [0.25, 0.3) is 0 Å². The number of benzene rings is 1. The Morgan fingerprint density at radius 1 is 1.22 bits per heavy atom. The fourth-order valence-corrected chi connectivity index (χ4v) is 2.90. The van der Waals surface area contributed by atoms with Gasteiger partial charge in [0, 0.05) is 11.7 Å². The molecule has 1 aromatic rings. The van der Waals surface area contributed by atoms with E-state index in [0.29, 0.717) is 23.2 Å². The van der Waals surface area contributed by atoms with Gasteiger partial charge < -0.3 is 0 Å². The van der Waals surface area contributed by atoms with Gasteiger partial charge in [0.1, 0.15) is 5.78 Å². The van der Waals surface area contributed by atoms with Crippen molar-refractivity contribution in [1.82, 2.24) is 0 Å². The van der Waals surface area contributed by atoms with Gasteiger partial charge in [-0.25, -0.2) is 0 Å². The van der Waals surface area contributed by atoms with Gasteiger partial charge in [0.05, 0.1) is 5.75 Å². The van der Waals surface area contributed by atoms with Gasteiger partial charge in [-0.3, -0.25) is 4.79 Å². The molecule has 18 heavy (non-hydrogen) atoms. The summed E-state index contributed by atoms with van der Waals surface area (Å²) in [5, 5.41) is 0.578. The van der Waals surface area contributed by atoms with Crippen molar-refractivity contribution in [2.24, 2.45) is 0 Å². The third-order valence-electron chi connectivity index (χ3n) is 3.32. The normalized spacial score (nSPS) is 12.5. The van der Waals surface area contributed by atoms with Gasteiger partial charge in [-0.1, -0.05) is 31.5 Å². The summed E-state index contributed by atoms with van der Waals surface area (Å²) in [5.74, 6) is 0.984. The molecule has 1 atom stereocenters. The largest absolute Gasteiger partial charge is 0.298 e. The molecule has 0 radical (unpaired) electrons. The molecule has 0 saturated heterocycles. The molecule has 0 spiro atoms. The zero-order valence-corrected chi connectivity index (χ0v) is 13.0. The van der Waals surface area contributed by atoms with Gasteiger partial charge in [0.2, 0.25) is 0 Å². The first-order valence-electron chi connectivity index (χ1n) is 6.64. The van der Waals surface area contributed by atoms with Gasteiger partial charge in [-0.2, -0.15) is 11.8 Å². The minimum absolute atomic E-state index is 0.343. The summed E-state index contributed by atoms with van der Waals surface area (Å²) in [5.41, 5.74) is 4.98. The highest BCUT2D eigenvalue weighted by molar-refractivity contribution is 8.00. The van der Waals surface area contributed by atoms with Gasteiger partial charge in [-0.05, 0) is 43.9 Å². The first-order chi connectivity index (χ1) is 8.43. The van der Waals surface area contributed by atoms with E-state index in [1.165, 1.54) is 22.3 Å². The minimum atomic E-state index is 0.343. The summed E-state index contributed by atoms with van der Waals surface area (Å²) in [6.07, 6.45) is 1.71. The lowest BCUT2D eigenvalue weighted by Crippen LogP contribution is -2.10. The van der Waals surface area contributed by atoms with Crippen LogP contribution >= 0.6 is 11.8 Å². The SMILES string of the molecule is CCC(C)SCC(=O)Cc1c(C)cc(C)cc1C. The number of carbonyl (C=O) groups excluding carboxylic acids is 1. The van der Waals surface area contributed by atoms with Crippen molar-refractivity contribution in [3.05, 3.63) is 34.4 Å². The summed E-state index contributed by atoms with van der Waals surface area (Å²) >= 11 is 1.77. The molecule has 1 unspecified atom stereocenters. The van der Waals surface area contributed by atoms with Crippen LogP contribution in [0.1, 0.15) is 42.5 Å². The van der Waals surface area contributed by atoms with E-state index in [-0.39, 0.29) is 0 Å². The lowest BCUT2D eigenvalue weighted by atomic mass is 9.96. The Kier molecular flexibility index (Phi) is 5.94. The van der Waals surface area contributed by atoms with Crippen LogP contribution in [0.25, 0.3) is 0 Å². The van der Waals surface area contributed by atoms with Crippen LogP contribution in [0.15, 0.2) is 12.1 Å². The van der Waals surface area contributed by atoms with Gasteiger partial charge >= 0.3 is 0 Å². The molecule has 0 amide bonds. The molecule has 2 heteroatoms.